The molecule has 3 unspecified atom stereocenters. The first-order valence-corrected chi connectivity index (χ1v) is 12.7. The van der Waals surface area contributed by atoms with Crippen molar-refractivity contribution in [3.05, 3.63) is 0 Å². The summed E-state index contributed by atoms with van der Waals surface area (Å²) >= 11 is 0. The van der Waals surface area contributed by atoms with Crippen molar-refractivity contribution in [2.24, 2.45) is 52.3 Å². The predicted octanol–water partition coefficient (Wildman–Crippen LogP) is 3.17. The van der Waals surface area contributed by atoms with Crippen molar-refractivity contribution in [2.45, 2.75) is 104 Å². The van der Waals surface area contributed by atoms with Crippen LogP contribution in [0.2, 0.25) is 0 Å². The van der Waals surface area contributed by atoms with Gasteiger partial charge in [-0.25, -0.2) is 0 Å². The van der Waals surface area contributed by atoms with Crippen LogP contribution in [0.25, 0.3) is 0 Å². The van der Waals surface area contributed by atoms with Crippen molar-refractivity contribution in [1.29, 1.82) is 0 Å². The van der Waals surface area contributed by atoms with Crippen LogP contribution in [-0.4, -0.2) is 50.6 Å². The molecule has 4 aliphatic rings. The molecule has 4 rings (SSSR count). The Morgan fingerprint density at radius 1 is 0.903 bits per heavy atom. The third-order valence-electron chi connectivity index (χ3n) is 10.8. The van der Waals surface area contributed by atoms with Crippen LogP contribution in [-0.2, 0) is 4.79 Å². The Morgan fingerprint density at radius 3 is 2.19 bits per heavy atom. The zero-order valence-electron chi connectivity index (χ0n) is 20.0. The molecule has 0 radical (unpaired) electrons. The molecule has 12 atom stereocenters. The molecule has 5 nitrogen and oxygen atoms in total. The van der Waals surface area contributed by atoms with Gasteiger partial charge in [0, 0.05) is 12.3 Å². The summed E-state index contributed by atoms with van der Waals surface area (Å²) in [5.74, 6) is 1.75. The monoisotopic (exact) mass is 436 g/mol. The molecule has 4 saturated carbocycles. The normalized spacial score (nSPS) is 50.4. The lowest BCUT2D eigenvalue weighted by Crippen LogP contribution is -2.59. The van der Waals surface area contributed by atoms with E-state index in [1.54, 1.807) is 0 Å². The Kier molecular flexibility index (Phi) is 6.16. The van der Waals surface area contributed by atoms with Crippen LogP contribution in [0.4, 0.5) is 0 Å². The minimum atomic E-state index is -0.780. The van der Waals surface area contributed by atoms with E-state index in [0.717, 1.165) is 25.7 Å². The minimum absolute atomic E-state index is 0.0261. The van der Waals surface area contributed by atoms with Crippen LogP contribution < -0.4 is 0 Å². The van der Waals surface area contributed by atoms with E-state index in [2.05, 4.69) is 20.8 Å². The number of rotatable bonds is 4. The number of carbonyl (C=O) groups is 1. The van der Waals surface area contributed by atoms with Crippen molar-refractivity contribution in [2.75, 3.05) is 0 Å². The fraction of sp³-hybridized carbons (Fsp3) is 0.962. The van der Waals surface area contributed by atoms with Gasteiger partial charge < -0.3 is 20.4 Å². The summed E-state index contributed by atoms with van der Waals surface area (Å²) in [4.78, 5) is 13.3. The summed E-state index contributed by atoms with van der Waals surface area (Å²) in [7, 11) is 0. The van der Waals surface area contributed by atoms with Gasteiger partial charge >= 0.3 is 0 Å². The highest BCUT2D eigenvalue weighted by atomic mass is 16.3. The first-order chi connectivity index (χ1) is 14.4. The van der Waals surface area contributed by atoms with E-state index in [-0.39, 0.29) is 34.4 Å². The molecule has 0 heterocycles. The lowest BCUT2D eigenvalue weighted by atomic mass is 9.44. The number of Topliss-reactive ketones (excluding diaryl/α,β-unsaturated/α-hetero) is 1. The van der Waals surface area contributed by atoms with Crippen LogP contribution in [0.3, 0.4) is 0 Å². The second-order valence-electron chi connectivity index (χ2n) is 12.5. The first kappa shape index (κ1) is 23.7. The molecule has 4 fully saturated rings. The quantitative estimate of drug-likeness (QED) is 0.543. The second kappa shape index (κ2) is 8.07. The summed E-state index contributed by atoms with van der Waals surface area (Å²) in [6.45, 7) is 10.6. The largest absolute Gasteiger partial charge is 0.390 e. The highest BCUT2D eigenvalue weighted by Gasteiger charge is 2.63. The van der Waals surface area contributed by atoms with Gasteiger partial charge in [-0.2, -0.15) is 0 Å². The number of ketones is 1. The smallest absolute Gasteiger partial charge is 0.136 e. The van der Waals surface area contributed by atoms with Gasteiger partial charge in [-0.05, 0) is 84.9 Å². The molecule has 31 heavy (non-hydrogen) atoms. The fourth-order valence-electron chi connectivity index (χ4n) is 8.92. The van der Waals surface area contributed by atoms with Gasteiger partial charge in [-0.3, -0.25) is 4.79 Å². The van der Waals surface area contributed by atoms with E-state index in [1.807, 2.05) is 13.8 Å². The molecule has 0 spiro atoms. The summed E-state index contributed by atoms with van der Waals surface area (Å²) in [6.07, 6.45) is 2.84. The molecule has 0 bridgehead atoms. The van der Waals surface area contributed by atoms with E-state index < -0.39 is 24.4 Å². The van der Waals surface area contributed by atoms with Gasteiger partial charge in [0.2, 0.25) is 0 Å². The lowest BCUT2D eigenvalue weighted by molar-refractivity contribution is -0.175. The molecule has 4 aliphatic carbocycles. The molecule has 5 heteroatoms. The van der Waals surface area contributed by atoms with E-state index in [9.17, 15) is 25.2 Å². The fourth-order valence-corrected chi connectivity index (χ4v) is 8.92. The Balaban J connectivity index is 1.58. The van der Waals surface area contributed by atoms with Crippen molar-refractivity contribution in [3.63, 3.8) is 0 Å². The Labute approximate surface area is 187 Å². The number of fused-ring (bicyclic) bond motifs is 5. The second-order valence-corrected chi connectivity index (χ2v) is 12.5. The Hall–Kier alpha value is -0.490. The van der Waals surface area contributed by atoms with Crippen LogP contribution in [0, 0.1) is 52.3 Å². The van der Waals surface area contributed by atoms with Crippen LogP contribution >= 0.6 is 0 Å². The molecule has 4 N–H and O–H groups in total. The summed E-state index contributed by atoms with van der Waals surface area (Å²) in [6, 6.07) is 0. The number of hydrogen-bond donors (Lipinski definition) is 4. The molecule has 0 aliphatic heterocycles. The number of hydrogen-bond acceptors (Lipinski definition) is 5. The Bertz CT molecular complexity index is 693. The highest BCUT2D eigenvalue weighted by molar-refractivity contribution is 5.83. The standard InChI is InChI=1S/C26H44O5/c1-13(2)23(30)24(31)14(3)16-6-7-17-15-10-20(27)19-11-21(28)22(29)12-26(19,5)18(15)8-9-25(16,17)4/h13-19,21-24,28-31H,6-12H2,1-5H3/t14-,15?,16+,17?,18?,19+,21-,22+,23+,24+,25+,26+/m0/s1. The van der Waals surface area contributed by atoms with Gasteiger partial charge in [-0.1, -0.05) is 34.6 Å². The molecular formula is C26H44O5. The average Bonchev–Trinajstić information content (AvgIpc) is 3.05. The van der Waals surface area contributed by atoms with Gasteiger partial charge in [0.05, 0.1) is 24.4 Å². The van der Waals surface area contributed by atoms with E-state index in [4.69, 9.17) is 0 Å². The SMILES string of the molecule is CC(C)[C@@H](O)[C@H](O)[C@@H](C)[C@H]1CCC2C3CC(=O)[C@H]4C[C@H](O)[C@H](O)C[C@]4(C)C3CC[C@@]21C. The van der Waals surface area contributed by atoms with Crippen molar-refractivity contribution >= 4 is 5.78 Å². The summed E-state index contributed by atoms with van der Waals surface area (Å²) < 4.78 is 0. The average molecular weight is 437 g/mol. The van der Waals surface area contributed by atoms with E-state index in [0.29, 0.717) is 42.9 Å². The van der Waals surface area contributed by atoms with Crippen molar-refractivity contribution in [3.8, 4) is 0 Å². The number of aliphatic hydroxyl groups excluding tert-OH is 4. The molecule has 0 aromatic heterocycles. The first-order valence-electron chi connectivity index (χ1n) is 12.7. The van der Waals surface area contributed by atoms with E-state index >= 15 is 0 Å². The molecule has 178 valence electrons. The lowest BCUT2D eigenvalue weighted by Gasteiger charge is -2.61. The maximum Gasteiger partial charge on any atom is 0.136 e. The van der Waals surface area contributed by atoms with Gasteiger partial charge in [0.25, 0.3) is 0 Å². The van der Waals surface area contributed by atoms with Gasteiger partial charge in [-0.15, -0.1) is 0 Å². The molecule has 0 aromatic rings. The number of aliphatic hydroxyl groups is 4. The third kappa shape index (κ3) is 3.53. The minimum Gasteiger partial charge on any atom is -0.390 e. The van der Waals surface area contributed by atoms with Gasteiger partial charge in [0.15, 0.2) is 0 Å². The molecular weight excluding hydrogens is 392 g/mol. The maximum absolute atomic E-state index is 13.3. The topological polar surface area (TPSA) is 98.0 Å². The van der Waals surface area contributed by atoms with Crippen molar-refractivity contribution < 1.29 is 25.2 Å². The van der Waals surface area contributed by atoms with Crippen molar-refractivity contribution in [1.82, 2.24) is 0 Å². The van der Waals surface area contributed by atoms with E-state index in [1.165, 1.54) is 0 Å². The highest BCUT2D eigenvalue weighted by Crippen LogP contribution is 2.67. The zero-order chi connectivity index (χ0) is 22.9. The summed E-state index contributed by atoms with van der Waals surface area (Å²) in [5.41, 5.74) is -0.147. The van der Waals surface area contributed by atoms with Crippen LogP contribution in [0.1, 0.15) is 79.6 Å². The van der Waals surface area contributed by atoms with Gasteiger partial charge in [0.1, 0.15) is 5.78 Å². The predicted molar refractivity (Wildman–Crippen MR) is 119 cm³/mol. The maximum atomic E-state index is 13.3. The summed E-state index contributed by atoms with van der Waals surface area (Å²) in [5, 5.41) is 42.1. The van der Waals surface area contributed by atoms with Crippen LogP contribution in [0.15, 0.2) is 0 Å². The molecule has 0 aromatic carbocycles. The number of carbonyl (C=O) groups excluding carboxylic acids is 1. The third-order valence-corrected chi connectivity index (χ3v) is 10.8. The molecule has 0 saturated heterocycles. The zero-order valence-corrected chi connectivity index (χ0v) is 20.0. The van der Waals surface area contributed by atoms with Crippen LogP contribution in [0.5, 0.6) is 0 Å². The molecule has 0 amide bonds. The Morgan fingerprint density at radius 2 is 1.55 bits per heavy atom.